The van der Waals surface area contributed by atoms with E-state index in [4.69, 9.17) is 4.74 Å². The second-order valence-electron chi connectivity index (χ2n) is 5.29. The van der Waals surface area contributed by atoms with Crippen molar-refractivity contribution in [2.45, 2.75) is 19.0 Å². The molecule has 3 rings (SSSR count). The van der Waals surface area contributed by atoms with Gasteiger partial charge in [-0.15, -0.1) is 11.3 Å². The number of hydrogen-bond donors (Lipinski definition) is 1. The van der Waals surface area contributed by atoms with Gasteiger partial charge in [0.15, 0.2) is 5.16 Å². The summed E-state index contributed by atoms with van der Waals surface area (Å²) in [6.07, 6.45) is 3.37. The van der Waals surface area contributed by atoms with Crippen LogP contribution in [0.1, 0.15) is 22.3 Å². The number of aromatic nitrogens is 3. The lowest BCUT2D eigenvalue weighted by molar-refractivity contribution is 0.0526. The summed E-state index contributed by atoms with van der Waals surface area (Å²) in [5, 5.41) is 6.83. The van der Waals surface area contributed by atoms with Crippen molar-refractivity contribution < 1.29 is 9.53 Å². The van der Waals surface area contributed by atoms with Crippen LogP contribution in [0.2, 0.25) is 0 Å². The fraction of sp³-hybridized carbons (Fsp3) is 0.222. The second kappa shape index (κ2) is 8.29. The molecule has 0 spiro atoms. The van der Waals surface area contributed by atoms with Crippen molar-refractivity contribution >= 4 is 40.6 Å². The first-order valence-corrected chi connectivity index (χ1v) is 10.1. The Labute approximate surface area is 160 Å². The Morgan fingerprint density at radius 1 is 1.27 bits per heavy atom. The monoisotopic (exact) mass is 386 g/mol. The average Bonchev–Trinajstić information content (AvgIpc) is 3.09. The molecule has 3 aromatic rings. The Morgan fingerprint density at radius 2 is 2.04 bits per heavy atom. The number of carbonyl (C=O) groups excluding carboxylic acids is 1. The Bertz CT molecular complexity index is 910. The molecule has 0 fully saturated rings. The van der Waals surface area contributed by atoms with Crippen molar-refractivity contribution in [2.75, 3.05) is 18.2 Å². The van der Waals surface area contributed by atoms with E-state index < -0.39 is 5.97 Å². The summed E-state index contributed by atoms with van der Waals surface area (Å²) in [4.78, 5) is 25.2. The summed E-state index contributed by atoms with van der Waals surface area (Å²) in [6.45, 7) is 4.05. The van der Waals surface area contributed by atoms with Crippen molar-refractivity contribution in [1.29, 1.82) is 0 Å². The van der Waals surface area contributed by atoms with E-state index in [1.807, 2.05) is 42.8 Å². The molecule has 0 bridgehead atoms. The van der Waals surface area contributed by atoms with Gasteiger partial charge in [-0.05, 0) is 32.2 Å². The van der Waals surface area contributed by atoms with E-state index in [2.05, 4.69) is 20.3 Å². The molecule has 2 heterocycles. The van der Waals surface area contributed by atoms with Crippen LogP contribution in [0.4, 0.5) is 11.5 Å². The van der Waals surface area contributed by atoms with Crippen LogP contribution in [-0.4, -0.2) is 33.8 Å². The molecule has 134 valence electrons. The van der Waals surface area contributed by atoms with Crippen LogP contribution in [0, 0.1) is 6.92 Å². The molecule has 26 heavy (non-hydrogen) atoms. The number of aryl methyl sites for hydroxylation is 1. The number of benzene rings is 1. The highest BCUT2D eigenvalue weighted by Gasteiger charge is 2.16. The Balaban J connectivity index is 1.86. The predicted molar refractivity (Wildman–Crippen MR) is 105 cm³/mol. The maximum absolute atomic E-state index is 12.1. The fourth-order valence-electron chi connectivity index (χ4n) is 2.27. The molecule has 0 aliphatic rings. The summed E-state index contributed by atoms with van der Waals surface area (Å²) in [5.41, 5.74) is 3.12. The van der Waals surface area contributed by atoms with Crippen LogP contribution in [-0.2, 0) is 4.74 Å². The number of thiazole rings is 1. The Kier molecular flexibility index (Phi) is 5.85. The third kappa shape index (κ3) is 4.20. The minimum absolute atomic E-state index is 0.296. The summed E-state index contributed by atoms with van der Waals surface area (Å²) in [5.74, 6) is -0.0164. The van der Waals surface area contributed by atoms with Crippen molar-refractivity contribution in [3.63, 3.8) is 0 Å². The van der Waals surface area contributed by atoms with Crippen LogP contribution >= 0.6 is 23.1 Å². The van der Waals surface area contributed by atoms with Crippen LogP contribution in [0.15, 0.2) is 41.0 Å². The lowest BCUT2D eigenvalue weighted by atomic mass is 10.1. The van der Waals surface area contributed by atoms with Crippen LogP contribution in [0.3, 0.4) is 0 Å². The van der Waals surface area contributed by atoms with Crippen molar-refractivity contribution in [3.8, 4) is 11.3 Å². The lowest BCUT2D eigenvalue weighted by Gasteiger charge is -2.11. The molecule has 2 aromatic heterocycles. The average molecular weight is 387 g/mol. The number of nitrogens with one attached hydrogen (secondary N) is 1. The van der Waals surface area contributed by atoms with Gasteiger partial charge >= 0.3 is 5.97 Å². The summed E-state index contributed by atoms with van der Waals surface area (Å²) in [6, 6.07) is 7.83. The zero-order valence-corrected chi connectivity index (χ0v) is 16.3. The van der Waals surface area contributed by atoms with Crippen LogP contribution < -0.4 is 5.32 Å². The molecule has 0 aliphatic heterocycles. The topological polar surface area (TPSA) is 77.0 Å². The van der Waals surface area contributed by atoms with Gasteiger partial charge in [0.1, 0.15) is 11.4 Å². The smallest absolute Gasteiger partial charge is 0.343 e. The van der Waals surface area contributed by atoms with Gasteiger partial charge < -0.3 is 10.1 Å². The van der Waals surface area contributed by atoms with Gasteiger partial charge in [0.2, 0.25) is 0 Å². The summed E-state index contributed by atoms with van der Waals surface area (Å²) in [7, 11) is 0. The van der Waals surface area contributed by atoms with Crippen molar-refractivity contribution in [2.24, 2.45) is 0 Å². The number of nitrogens with zero attached hydrogens (tertiary/aromatic N) is 3. The van der Waals surface area contributed by atoms with Gasteiger partial charge in [0.05, 0.1) is 17.3 Å². The molecule has 8 heteroatoms. The molecular formula is C18H18N4O2S2. The number of thioether (sulfide) groups is 1. The highest BCUT2D eigenvalue weighted by molar-refractivity contribution is 7.98. The number of esters is 1. The molecule has 1 N–H and O–H groups in total. The van der Waals surface area contributed by atoms with E-state index in [-0.39, 0.29) is 0 Å². The van der Waals surface area contributed by atoms with E-state index in [0.29, 0.717) is 23.1 Å². The van der Waals surface area contributed by atoms with Crippen molar-refractivity contribution in [1.82, 2.24) is 15.0 Å². The van der Waals surface area contributed by atoms with Gasteiger partial charge in [-0.3, -0.25) is 0 Å². The van der Waals surface area contributed by atoms with Gasteiger partial charge in [-0.1, -0.05) is 23.9 Å². The highest BCUT2D eigenvalue weighted by atomic mass is 32.2. The van der Waals surface area contributed by atoms with E-state index in [1.54, 1.807) is 18.3 Å². The minimum atomic E-state index is -0.447. The fourth-order valence-corrected chi connectivity index (χ4v) is 3.24. The third-order valence-corrected chi connectivity index (χ3v) is 4.84. The molecular weight excluding hydrogens is 368 g/mol. The minimum Gasteiger partial charge on any atom is -0.462 e. The molecule has 0 saturated carbocycles. The van der Waals surface area contributed by atoms with E-state index in [0.717, 1.165) is 22.0 Å². The Morgan fingerprint density at radius 3 is 2.65 bits per heavy atom. The lowest BCUT2D eigenvalue weighted by Crippen LogP contribution is -2.10. The number of anilines is 2. The van der Waals surface area contributed by atoms with Gasteiger partial charge in [-0.25, -0.2) is 19.7 Å². The SMILES string of the molecule is CCOC(=O)c1cnc(SC)nc1Nc1ccc(-c2csc(C)n2)cc1. The summed E-state index contributed by atoms with van der Waals surface area (Å²) < 4.78 is 5.09. The molecule has 0 amide bonds. The number of hydrogen-bond acceptors (Lipinski definition) is 8. The van der Waals surface area contributed by atoms with Gasteiger partial charge in [-0.2, -0.15) is 0 Å². The first-order chi connectivity index (χ1) is 12.6. The third-order valence-electron chi connectivity index (χ3n) is 3.51. The molecule has 0 radical (unpaired) electrons. The standard InChI is InChI=1S/C18H18N4O2S2/c1-4-24-17(23)14-9-19-18(25-3)22-16(14)21-13-7-5-12(6-8-13)15-10-26-11(2)20-15/h5-10H,4H2,1-3H3,(H,19,21,22). The predicted octanol–water partition coefficient (Wildman–Crippen LogP) is 4.55. The molecule has 1 aromatic carbocycles. The number of ether oxygens (including phenoxy) is 1. The number of carbonyl (C=O) groups is 1. The zero-order chi connectivity index (χ0) is 18.5. The van der Waals surface area contributed by atoms with Gasteiger partial charge in [0, 0.05) is 22.8 Å². The van der Waals surface area contributed by atoms with Crippen LogP contribution in [0.25, 0.3) is 11.3 Å². The maximum atomic E-state index is 12.1. The zero-order valence-electron chi connectivity index (χ0n) is 14.6. The van der Waals surface area contributed by atoms with Gasteiger partial charge in [0.25, 0.3) is 0 Å². The highest BCUT2D eigenvalue weighted by Crippen LogP contribution is 2.26. The van der Waals surface area contributed by atoms with E-state index >= 15 is 0 Å². The molecule has 6 nitrogen and oxygen atoms in total. The second-order valence-corrected chi connectivity index (χ2v) is 7.13. The molecule has 0 unspecified atom stereocenters. The maximum Gasteiger partial charge on any atom is 0.343 e. The first-order valence-electron chi connectivity index (χ1n) is 7.98. The summed E-state index contributed by atoms with van der Waals surface area (Å²) >= 11 is 3.03. The normalized spacial score (nSPS) is 10.6. The van der Waals surface area contributed by atoms with E-state index in [1.165, 1.54) is 18.0 Å². The van der Waals surface area contributed by atoms with E-state index in [9.17, 15) is 4.79 Å². The van der Waals surface area contributed by atoms with Crippen molar-refractivity contribution in [3.05, 3.63) is 46.4 Å². The largest absolute Gasteiger partial charge is 0.462 e. The molecule has 0 atom stereocenters. The Hall–Kier alpha value is -2.45. The molecule has 0 aliphatic carbocycles. The molecule has 0 saturated heterocycles. The number of rotatable bonds is 6. The first kappa shape index (κ1) is 18.3. The quantitative estimate of drug-likeness (QED) is 0.378. The van der Waals surface area contributed by atoms with Crippen LogP contribution in [0.5, 0.6) is 0 Å².